The predicted molar refractivity (Wildman–Crippen MR) is 222 cm³/mol. The monoisotopic (exact) mass is 862 g/mol. The second kappa shape index (κ2) is 20.7. The van der Waals surface area contributed by atoms with Crippen LogP contribution in [0, 0.1) is 23.5 Å². The molecule has 0 bridgehead atoms. The van der Waals surface area contributed by atoms with Gasteiger partial charge in [-0.05, 0) is 86.8 Å². The normalized spacial score (nSPS) is 13.6. The topological polar surface area (TPSA) is 190 Å². The number of benzene rings is 2. The Labute approximate surface area is 344 Å². The molecule has 0 radical (unpaired) electrons. The number of Topliss-reactive ketones (excluding diaryl/α,β-unsaturated/α-hetero) is 1. The number of urea groups is 2. The Kier molecular flexibility index (Phi) is 15.5. The Balaban J connectivity index is 0.000000184. The summed E-state index contributed by atoms with van der Waals surface area (Å²) in [5.74, 6) is 0.340. The first-order chi connectivity index (χ1) is 27.8. The van der Waals surface area contributed by atoms with E-state index in [0.717, 1.165) is 76.1 Å². The fraction of sp³-hybridized carbons (Fsp3) is 0.425. The summed E-state index contributed by atoms with van der Waals surface area (Å²) >= 11 is 3.00. The van der Waals surface area contributed by atoms with Crippen LogP contribution in [0.3, 0.4) is 0 Å². The highest BCUT2D eigenvalue weighted by atomic mass is 79.9. The molecule has 2 aliphatic rings. The molecular formula is C40H49BrF2N12O3. The Bertz CT molecular complexity index is 2170. The number of likely N-dealkylation sites (tertiary alicyclic amines) is 2. The number of nitrogen functional groups attached to an aromatic ring is 1. The van der Waals surface area contributed by atoms with Gasteiger partial charge >= 0.3 is 12.1 Å². The molecule has 2 aromatic carbocycles. The molecule has 5 heterocycles. The van der Waals surface area contributed by atoms with E-state index in [9.17, 15) is 23.2 Å². The van der Waals surface area contributed by atoms with Crippen molar-refractivity contribution in [3.05, 3.63) is 83.6 Å². The number of hydrogen-bond acceptors (Lipinski definition) is 10. The molecule has 4 amide bonds. The first-order valence-corrected chi connectivity index (χ1v) is 20.4. The van der Waals surface area contributed by atoms with E-state index in [1.54, 1.807) is 45.0 Å². The van der Waals surface area contributed by atoms with Crippen molar-refractivity contribution in [3.8, 4) is 11.3 Å². The number of imidazole rings is 1. The minimum absolute atomic E-state index is 0.0175. The molecule has 3 aromatic heterocycles. The van der Waals surface area contributed by atoms with Crippen molar-refractivity contribution in [1.29, 1.82) is 0 Å². The van der Waals surface area contributed by atoms with Crippen molar-refractivity contribution in [2.75, 3.05) is 47.9 Å². The summed E-state index contributed by atoms with van der Waals surface area (Å²) in [6.45, 7) is 11.5. The lowest BCUT2D eigenvalue weighted by Gasteiger charge is -2.16. The highest BCUT2D eigenvalue weighted by Crippen LogP contribution is 2.26. The summed E-state index contributed by atoms with van der Waals surface area (Å²) in [7, 11) is 0. The zero-order valence-electron chi connectivity index (χ0n) is 33.1. The number of nitrogens with two attached hydrogens (primary N) is 1. The van der Waals surface area contributed by atoms with Gasteiger partial charge in [-0.25, -0.2) is 37.8 Å². The van der Waals surface area contributed by atoms with Crippen molar-refractivity contribution in [2.24, 2.45) is 11.8 Å². The second-order valence-electron chi connectivity index (χ2n) is 14.8. The molecule has 0 aliphatic carbocycles. The van der Waals surface area contributed by atoms with E-state index < -0.39 is 11.6 Å². The predicted octanol–water partition coefficient (Wildman–Crippen LogP) is 7.44. The largest absolute Gasteiger partial charge is 0.366 e. The number of halogens is 3. The molecule has 308 valence electrons. The number of hydrogen-bond donors (Lipinski definition) is 3. The first kappa shape index (κ1) is 43.5. The van der Waals surface area contributed by atoms with Gasteiger partial charge in [0.05, 0.1) is 46.6 Å². The third-order valence-electron chi connectivity index (χ3n) is 9.02. The first-order valence-electron chi connectivity index (χ1n) is 19.3. The third-order valence-corrected chi connectivity index (χ3v) is 9.53. The molecule has 2 fully saturated rings. The zero-order valence-corrected chi connectivity index (χ0v) is 34.7. The van der Waals surface area contributed by atoms with Crippen LogP contribution in [-0.4, -0.2) is 93.9 Å². The van der Waals surface area contributed by atoms with Gasteiger partial charge in [0, 0.05) is 43.1 Å². The smallest absolute Gasteiger partial charge is 0.321 e. The highest BCUT2D eigenvalue weighted by molar-refractivity contribution is 9.09. The van der Waals surface area contributed by atoms with Crippen molar-refractivity contribution >= 4 is 56.9 Å². The number of anilines is 3. The standard InChI is InChI=1S/C20H23FN6O.C13H14BrFN2O2.C7H12N4/c1-13(2)9-15-11-22-19-24-18(12-27(19)25-15)16-10-14(5-6-17(16)21)23-20(28)26-7-3-4-8-26;14-8-12(18)10-7-9(3-4-11(10)15)16-13(19)17-5-1-2-6-17;1-5(2)3-6-4-9-7(8)11-10-6/h5-6,10-13H,3-4,7-9H2,1-2H3,(H,23,28);3-4,7H,1-2,5-6,8H2,(H,16,19);4-5H,3H2,1-2H3,(H2,8,9,11). The number of rotatable bonds is 9. The van der Waals surface area contributed by atoms with Crippen LogP contribution in [0.2, 0.25) is 0 Å². The molecule has 18 heteroatoms. The van der Waals surface area contributed by atoms with Gasteiger partial charge in [-0.1, -0.05) is 43.6 Å². The van der Waals surface area contributed by atoms with Gasteiger partial charge in [0.2, 0.25) is 5.95 Å². The molecule has 7 rings (SSSR count). The molecule has 58 heavy (non-hydrogen) atoms. The van der Waals surface area contributed by atoms with Crippen LogP contribution < -0.4 is 16.4 Å². The minimum Gasteiger partial charge on any atom is -0.366 e. The lowest BCUT2D eigenvalue weighted by atomic mass is 10.1. The minimum atomic E-state index is -0.580. The van der Waals surface area contributed by atoms with Gasteiger partial charge in [-0.15, -0.1) is 5.10 Å². The summed E-state index contributed by atoms with van der Waals surface area (Å²) < 4.78 is 29.5. The Hall–Kier alpha value is -5.65. The summed E-state index contributed by atoms with van der Waals surface area (Å²) in [4.78, 5) is 51.7. The number of nitrogens with one attached hydrogen (secondary N) is 2. The van der Waals surface area contributed by atoms with Crippen LogP contribution in [0.5, 0.6) is 0 Å². The Morgan fingerprint density at radius 3 is 1.88 bits per heavy atom. The summed E-state index contributed by atoms with van der Waals surface area (Å²) in [6.07, 6.45) is 10.8. The van der Waals surface area contributed by atoms with Crippen LogP contribution in [-0.2, 0) is 12.8 Å². The van der Waals surface area contributed by atoms with Crippen LogP contribution in [0.1, 0.15) is 75.1 Å². The van der Waals surface area contributed by atoms with Crippen molar-refractivity contribution in [3.63, 3.8) is 0 Å². The number of carbonyl (C=O) groups excluding carboxylic acids is 3. The van der Waals surface area contributed by atoms with Gasteiger partial charge in [0.25, 0.3) is 5.78 Å². The zero-order chi connectivity index (χ0) is 41.8. The maximum atomic E-state index is 14.5. The van der Waals surface area contributed by atoms with E-state index in [2.05, 4.69) is 84.5 Å². The van der Waals surface area contributed by atoms with E-state index in [0.29, 0.717) is 40.2 Å². The molecule has 0 atom stereocenters. The van der Waals surface area contributed by atoms with Gasteiger partial charge in [-0.2, -0.15) is 10.2 Å². The van der Waals surface area contributed by atoms with E-state index in [1.165, 1.54) is 24.3 Å². The van der Waals surface area contributed by atoms with E-state index in [4.69, 9.17) is 5.73 Å². The molecule has 2 aliphatic heterocycles. The van der Waals surface area contributed by atoms with Gasteiger partial charge in [-0.3, -0.25) is 4.79 Å². The van der Waals surface area contributed by atoms with E-state index in [-0.39, 0.29) is 34.7 Å². The van der Waals surface area contributed by atoms with Gasteiger partial charge in [0.15, 0.2) is 5.78 Å². The molecule has 2 saturated heterocycles. The number of ketones is 1. The molecule has 0 saturated carbocycles. The maximum Gasteiger partial charge on any atom is 0.321 e. The van der Waals surface area contributed by atoms with Gasteiger partial charge < -0.3 is 26.2 Å². The average molecular weight is 864 g/mol. The molecule has 0 unspecified atom stereocenters. The number of alkyl halides is 1. The van der Waals surface area contributed by atoms with Crippen LogP contribution in [0.25, 0.3) is 17.0 Å². The van der Waals surface area contributed by atoms with Gasteiger partial charge in [0.1, 0.15) is 11.6 Å². The van der Waals surface area contributed by atoms with Crippen LogP contribution in [0.4, 0.5) is 35.7 Å². The van der Waals surface area contributed by atoms with E-state index >= 15 is 0 Å². The molecule has 15 nitrogen and oxygen atoms in total. The quantitative estimate of drug-likeness (QED) is 0.0992. The van der Waals surface area contributed by atoms with Crippen LogP contribution in [0.15, 0.2) is 55.0 Å². The van der Waals surface area contributed by atoms with Crippen molar-refractivity contribution in [1.82, 2.24) is 44.6 Å². The molecule has 5 aromatic rings. The number of nitrogens with zero attached hydrogens (tertiary/aromatic N) is 9. The fourth-order valence-corrected chi connectivity index (χ4v) is 6.52. The molecular weight excluding hydrogens is 814 g/mol. The Morgan fingerprint density at radius 2 is 1.33 bits per heavy atom. The van der Waals surface area contributed by atoms with Crippen LogP contribution >= 0.6 is 15.9 Å². The average Bonchev–Trinajstić information content (AvgIpc) is 4.00. The summed E-state index contributed by atoms with van der Waals surface area (Å²) in [6, 6.07) is 8.13. The molecule has 0 spiro atoms. The number of aromatic nitrogens is 7. The lowest BCUT2D eigenvalue weighted by molar-refractivity contribution is 0.102. The Morgan fingerprint density at radius 1 is 0.776 bits per heavy atom. The number of fused-ring (bicyclic) bond motifs is 1. The second-order valence-corrected chi connectivity index (χ2v) is 15.4. The van der Waals surface area contributed by atoms with Crippen molar-refractivity contribution in [2.45, 2.75) is 66.2 Å². The van der Waals surface area contributed by atoms with E-state index in [1.807, 2.05) is 0 Å². The summed E-state index contributed by atoms with van der Waals surface area (Å²) in [5.41, 5.74) is 8.71. The maximum absolute atomic E-state index is 14.5. The van der Waals surface area contributed by atoms with Crippen molar-refractivity contribution < 1.29 is 23.2 Å². The highest BCUT2D eigenvalue weighted by Gasteiger charge is 2.20. The fourth-order valence-electron chi connectivity index (χ4n) is 6.21. The molecule has 4 N–H and O–H groups in total. The number of carbonyl (C=O) groups is 3. The third kappa shape index (κ3) is 12.4. The summed E-state index contributed by atoms with van der Waals surface area (Å²) in [5, 5.41) is 17.6. The SMILES string of the molecule is CC(C)Cc1cnc(N)nn1.CC(C)Cc1cnc2nc(-c3cc(NC(=O)N4CCCC4)ccc3F)cn2n1.O=C(CBr)c1cc(NC(=O)N2CCCC2)ccc1F. The lowest BCUT2D eigenvalue weighted by Crippen LogP contribution is -2.32. The number of amides is 4.